The molecule has 0 aromatic rings. The molecule has 0 aromatic carbocycles. The first-order chi connectivity index (χ1) is 9.76. The van der Waals surface area contributed by atoms with Crippen molar-refractivity contribution in [3.05, 3.63) is 0 Å². The van der Waals surface area contributed by atoms with Gasteiger partial charge in [-0.25, -0.2) is 0 Å². The molecule has 0 saturated heterocycles. The summed E-state index contributed by atoms with van der Waals surface area (Å²) in [6.07, 6.45) is 2.12. The maximum absolute atomic E-state index is 10.2. The molecule has 3 atom stereocenters. The van der Waals surface area contributed by atoms with Crippen molar-refractivity contribution in [2.75, 3.05) is 13.1 Å². The number of aliphatic carboxylic acids is 2. The third-order valence-corrected chi connectivity index (χ3v) is 2.69. The summed E-state index contributed by atoms with van der Waals surface area (Å²) in [5, 5.41) is 25.6. The molecule has 0 rings (SSSR count). The number of aliphatic hydroxyl groups is 1. The summed E-state index contributed by atoms with van der Waals surface area (Å²) in [5.41, 5.74) is 20.7. The summed E-state index contributed by atoms with van der Waals surface area (Å²) in [4.78, 5) is 20.3. The fourth-order valence-corrected chi connectivity index (χ4v) is 1.25. The van der Waals surface area contributed by atoms with Crippen LogP contribution in [0.1, 0.15) is 32.1 Å². The number of unbranched alkanes of at least 4 members (excludes halogenated alkanes) is 1. The number of rotatable bonds is 10. The quantitative estimate of drug-likeness (QED) is 0.223. The molecule has 0 aliphatic carbocycles. The van der Waals surface area contributed by atoms with Gasteiger partial charge in [0.05, 0.1) is 6.10 Å². The van der Waals surface area contributed by atoms with Crippen LogP contribution in [-0.4, -0.2) is 58.5 Å². The Hall–Kier alpha value is -1.26. The second kappa shape index (κ2) is 13.7. The molecule has 9 heteroatoms. The molecule has 0 fully saturated rings. The van der Waals surface area contributed by atoms with Crippen molar-refractivity contribution < 1.29 is 24.9 Å². The molecule has 0 heterocycles. The number of carbonyl (C=O) groups is 2. The topological polar surface area (TPSA) is 199 Å². The van der Waals surface area contributed by atoms with Crippen LogP contribution in [0.15, 0.2) is 0 Å². The normalized spacial score (nSPS) is 14.5. The van der Waals surface area contributed by atoms with E-state index in [1.807, 2.05) is 0 Å². The van der Waals surface area contributed by atoms with Crippen molar-refractivity contribution in [2.45, 2.75) is 50.3 Å². The van der Waals surface area contributed by atoms with E-state index in [0.717, 1.165) is 12.8 Å². The van der Waals surface area contributed by atoms with Crippen molar-refractivity contribution in [3.63, 3.8) is 0 Å². The van der Waals surface area contributed by atoms with Crippen LogP contribution in [-0.2, 0) is 9.59 Å². The Labute approximate surface area is 124 Å². The predicted molar refractivity (Wildman–Crippen MR) is 78.4 cm³/mol. The molecular formula is C12H28N4O5. The van der Waals surface area contributed by atoms with E-state index in [4.69, 9.17) is 38.3 Å². The minimum Gasteiger partial charge on any atom is -0.480 e. The Balaban J connectivity index is 0. The lowest BCUT2D eigenvalue weighted by atomic mass is 10.1. The van der Waals surface area contributed by atoms with Gasteiger partial charge < -0.3 is 38.3 Å². The Morgan fingerprint density at radius 3 is 1.71 bits per heavy atom. The molecule has 0 saturated carbocycles. The zero-order chi connectivity index (χ0) is 16.8. The molecule has 0 bridgehead atoms. The molecule has 0 spiro atoms. The summed E-state index contributed by atoms with van der Waals surface area (Å²) in [6, 6.07) is -1.61. The van der Waals surface area contributed by atoms with Crippen molar-refractivity contribution >= 4 is 11.9 Å². The lowest BCUT2D eigenvalue weighted by Gasteiger charge is -2.09. The molecular weight excluding hydrogens is 280 g/mol. The van der Waals surface area contributed by atoms with Gasteiger partial charge in [0.1, 0.15) is 12.1 Å². The van der Waals surface area contributed by atoms with Gasteiger partial charge >= 0.3 is 11.9 Å². The fraction of sp³-hybridized carbons (Fsp3) is 0.833. The molecule has 126 valence electrons. The van der Waals surface area contributed by atoms with Gasteiger partial charge in [0.15, 0.2) is 0 Å². The highest BCUT2D eigenvalue weighted by molar-refractivity contribution is 5.73. The standard InChI is InChI=1S/C6H14N2O3.C6H14N2O2/c7-3-4(9)1-2-5(8)6(10)11;7-4-2-1-3-5(8)6(9)10/h4-5,9H,1-3,7-8H2,(H,10,11);5H,1-4,7-8H2,(H,9,10)/t4-,5+;5-/m10/s1. The average molecular weight is 308 g/mol. The van der Waals surface area contributed by atoms with E-state index >= 15 is 0 Å². The van der Waals surface area contributed by atoms with E-state index in [1.54, 1.807) is 0 Å². The van der Waals surface area contributed by atoms with E-state index in [0.29, 0.717) is 19.4 Å². The molecule has 0 aliphatic heterocycles. The minimum absolute atomic E-state index is 0.145. The molecule has 21 heavy (non-hydrogen) atoms. The minimum atomic E-state index is -1.05. The second-order valence-corrected chi connectivity index (χ2v) is 4.64. The number of nitrogens with two attached hydrogens (primary N) is 4. The number of aliphatic hydroxyl groups excluding tert-OH is 1. The smallest absolute Gasteiger partial charge is 0.320 e. The SMILES string of the molecule is NCCCC[C@H](N)C(=O)O.NC[C@H](O)CC[C@H](N)C(=O)O. The summed E-state index contributed by atoms with van der Waals surface area (Å²) in [7, 11) is 0. The van der Waals surface area contributed by atoms with Crippen molar-refractivity contribution in [1.29, 1.82) is 0 Å². The largest absolute Gasteiger partial charge is 0.480 e. The monoisotopic (exact) mass is 308 g/mol. The van der Waals surface area contributed by atoms with Crippen LogP contribution in [0.2, 0.25) is 0 Å². The maximum Gasteiger partial charge on any atom is 0.320 e. The molecule has 0 radical (unpaired) electrons. The molecule has 11 N–H and O–H groups in total. The van der Waals surface area contributed by atoms with Crippen molar-refractivity contribution in [1.82, 2.24) is 0 Å². The third kappa shape index (κ3) is 15.0. The van der Waals surface area contributed by atoms with Crippen LogP contribution in [0.25, 0.3) is 0 Å². The molecule has 9 nitrogen and oxygen atoms in total. The summed E-state index contributed by atoms with van der Waals surface area (Å²) < 4.78 is 0. The first-order valence-electron chi connectivity index (χ1n) is 6.81. The van der Waals surface area contributed by atoms with Gasteiger partial charge in [-0.1, -0.05) is 6.42 Å². The zero-order valence-electron chi connectivity index (χ0n) is 12.1. The lowest BCUT2D eigenvalue weighted by Crippen LogP contribution is -2.32. The van der Waals surface area contributed by atoms with E-state index in [9.17, 15) is 9.59 Å². The van der Waals surface area contributed by atoms with Gasteiger partial charge in [-0.15, -0.1) is 0 Å². The van der Waals surface area contributed by atoms with E-state index < -0.39 is 30.1 Å². The van der Waals surface area contributed by atoms with Crippen LogP contribution < -0.4 is 22.9 Å². The summed E-state index contributed by atoms with van der Waals surface area (Å²) in [6.45, 7) is 0.749. The molecule has 0 unspecified atom stereocenters. The third-order valence-electron chi connectivity index (χ3n) is 2.69. The van der Waals surface area contributed by atoms with E-state index in [-0.39, 0.29) is 13.0 Å². The Bertz CT molecular complexity index is 291. The molecule has 0 aliphatic rings. The summed E-state index contributed by atoms with van der Waals surface area (Å²) >= 11 is 0. The van der Waals surface area contributed by atoms with Gasteiger partial charge in [-0.3, -0.25) is 9.59 Å². The Morgan fingerprint density at radius 2 is 1.33 bits per heavy atom. The lowest BCUT2D eigenvalue weighted by molar-refractivity contribution is -0.139. The number of hydrogen-bond donors (Lipinski definition) is 7. The zero-order valence-corrected chi connectivity index (χ0v) is 12.1. The predicted octanol–water partition coefficient (Wildman–Crippen LogP) is -1.97. The number of carboxylic acid groups (broad SMARTS) is 2. The van der Waals surface area contributed by atoms with Crippen LogP contribution in [0, 0.1) is 0 Å². The van der Waals surface area contributed by atoms with E-state index in [1.165, 1.54) is 0 Å². The van der Waals surface area contributed by atoms with Crippen LogP contribution in [0.4, 0.5) is 0 Å². The van der Waals surface area contributed by atoms with Gasteiger partial charge in [0.25, 0.3) is 0 Å². The van der Waals surface area contributed by atoms with Gasteiger partial charge in [-0.2, -0.15) is 0 Å². The highest BCUT2D eigenvalue weighted by Crippen LogP contribution is 1.98. The number of hydrogen-bond acceptors (Lipinski definition) is 7. The molecule has 0 aromatic heterocycles. The fourth-order valence-electron chi connectivity index (χ4n) is 1.25. The summed E-state index contributed by atoms with van der Waals surface area (Å²) in [5.74, 6) is -1.98. The first kappa shape index (κ1) is 22.0. The van der Waals surface area contributed by atoms with Crippen molar-refractivity contribution in [3.8, 4) is 0 Å². The second-order valence-electron chi connectivity index (χ2n) is 4.64. The molecule has 0 amide bonds. The Kier molecular flexibility index (Phi) is 14.4. The first-order valence-corrected chi connectivity index (χ1v) is 6.81. The van der Waals surface area contributed by atoms with Crippen LogP contribution in [0.3, 0.4) is 0 Å². The van der Waals surface area contributed by atoms with Gasteiger partial charge in [0.2, 0.25) is 0 Å². The van der Waals surface area contributed by atoms with Gasteiger partial charge in [0, 0.05) is 6.54 Å². The Morgan fingerprint density at radius 1 is 0.857 bits per heavy atom. The number of carboxylic acids is 2. The van der Waals surface area contributed by atoms with Crippen LogP contribution in [0.5, 0.6) is 0 Å². The van der Waals surface area contributed by atoms with E-state index in [2.05, 4.69) is 0 Å². The maximum atomic E-state index is 10.2. The highest BCUT2D eigenvalue weighted by Gasteiger charge is 2.12. The van der Waals surface area contributed by atoms with Crippen molar-refractivity contribution in [2.24, 2.45) is 22.9 Å². The van der Waals surface area contributed by atoms with Crippen LogP contribution >= 0.6 is 0 Å². The average Bonchev–Trinajstić information content (AvgIpc) is 2.44. The van der Waals surface area contributed by atoms with Gasteiger partial charge in [-0.05, 0) is 32.2 Å². The highest BCUT2D eigenvalue weighted by atomic mass is 16.4.